The van der Waals surface area contributed by atoms with E-state index >= 15 is 0 Å². The van der Waals surface area contributed by atoms with Gasteiger partial charge < -0.3 is 19.9 Å². The molecule has 156 valence electrons. The predicted octanol–water partition coefficient (Wildman–Crippen LogP) is 5.31. The Balaban J connectivity index is 1.67. The monoisotopic (exact) mass is 425 g/mol. The average Bonchev–Trinajstić information content (AvgIpc) is 2.75. The SMILES string of the molecule is CCOc1cccc(CNCc2ccc(C(=O)O)cc2)c1OCc1ccc(Cl)cc1. The van der Waals surface area contributed by atoms with Gasteiger partial charge in [-0.3, -0.25) is 0 Å². The van der Waals surface area contributed by atoms with Crippen molar-refractivity contribution in [2.24, 2.45) is 0 Å². The number of carboxylic acid groups (broad SMARTS) is 1. The Morgan fingerprint density at radius 3 is 2.30 bits per heavy atom. The number of halogens is 1. The quantitative estimate of drug-likeness (QED) is 0.461. The Kier molecular flexibility index (Phi) is 7.71. The van der Waals surface area contributed by atoms with Gasteiger partial charge in [0.1, 0.15) is 6.61 Å². The molecule has 0 heterocycles. The molecular formula is C24H24ClNO4. The first kappa shape index (κ1) is 21.7. The van der Waals surface area contributed by atoms with Crippen LogP contribution in [-0.2, 0) is 19.7 Å². The van der Waals surface area contributed by atoms with Gasteiger partial charge in [-0.05, 0) is 48.4 Å². The third-order valence-corrected chi connectivity index (χ3v) is 4.75. The van der Waals surface area contributed by atoms with E-state index in [0.717, 1.165) is 16.7 Å². The van der Waals surface area contributed by atoms with Crippen LogP contribution in [0.3, 0.4) is 0 Å². The molecule has 30 heavy (non-hydrogen) atoms. The van der Waals surface area contributed by atoms with E-state index in [0.29, 0.717) is 42.8 Å². The molecule has 0 aliphatic rings. The molecule has 0 atom stereocenters. The number of nitrogens with one attached hydrogen (secondary N) is 1. The molecule has 5 nitrogen and oxygen atoms in total. The highest BCUT2D eigenvalue weighted by Gasteiger charge is 2.12. The molecule has 0 aliphatic heterocycles. The molecule has 0 saturated carbocycles. The number of ether oxygens (including phenoxy) is 2. The van der Waals surface area contributed by atoms with Gasteiger partial charge >= 0.3 is 5.97 Å². The van der Waals surface area contributed by atoms with Crippen LogP contribution in [0.15, 0.2) is 66.7 Å². The lowest BCUT2D eigenvalue weighted by molar-refractivity contribution is 0.0697. The van der Waals surface area contributed by atoms with Crippen LogP contribution in [0.2, 0.25) is 5.02 Å². The third-order valence-electron chi connectivity index (χ3n) is 4.50. The van der Waals surface area contributed by atoms with Gasteiger partial charge in [-0.15, -0.1) is 0 Å². The minimum Gasteiger partial charge on any atom is -0.490 e. The number of aromatic carboxylic acids is 1. The van der Waals surface area contributed by atoms with E-state index in [9.17, 15) is 4.79 Å². The van der Waals surface area contributed by atoms with Gasteiger partial charge in [0.05, 0.1) is 12.2 Å². The maximum Gasteiger partial charge on any atom is 0.335 e. The number of hydrogen-bond acceptors (Lipinski definition) is 4. The van der Waals surface area contributed by atoms with E-state index in [1.165, 1.54) is 0 Å². The van der Waals surface area contributed by atoms with E-state index in [1.54, 1.807) is 12.1 Å². The zero-order chi connectivity index (χ0) is 21.3. The van der Waals surface area contributed by atoms with Gasteiger partial charge in [-0.2, -0.15) is 0 Å². The Bertz CT molecular complexity index is 972. The zero-order valence-electron chi connectivity index (χ0n) is 16.7. The predicted molar refractivity (Wildman–Crippen MR) is 117 cm³/mol. The molecule has 0 unspecified atom stereocenters. The lowest BCUT2D eigenvalue weighted by atomic mass is 10.1. The van der Waals surface area contributed by atoms with Gasteiger partial charge in [0.25, 0.3) is 0 Å². The molecule has 0 saturated heterocycles. The van der Waals surface area contributed by atoms with Crippen LogP contribution in [0.25, 0.3) is 0 Å². The van der Waals surface area contributed by atoms with Crippen molar-refractivity contribution in [3.63, 3.8) is 0 Å². The first-order valence-electron chi connectivity index (χ1n) is 9.71. The van der Waals surface area contributed by atoms with Crippen LogP contribution in [0.1, 0.15) is 34.0 Å². The van der Waals surface area contributed by atoms with Crippen molar-refractivity contribution in [1.82, 2.24) is 5.32 Å². The van der Waals surface area contributed by atoms with E-state index in [4.69, 9.17) is 26.2 Å². The van der Waals surface area contributed by atoms with Crippen molar-refractivity contribution in [2.45, 2.75) is 26.6 Å². The second-order valence-electron chi connectivity index (χ2n) is 6.70. The number of benzene rings is 3. The van der Waals surface area contributed by atoms with E-state index < -0.39 is 5.97 Å². The average molecular weight is 426 g/mol. The van der Waals surface area contributed by atoms with Crippen LogP contribution in [0.4, 0.5) is 0 Å². The Morgan fingerprint density at radius 2 is 1.63 bits per heavy atom. The minimum atomic E-state index is -0.926. The van der Waals surface area contributed by atoms with Crippen LogP contribution >= 0.6 is 11.6 Å². The molecule has 3 aromatic carbocycles. The summed E-state index contributed by atoms with van der Waals surface area (Å²) >= 11 is 5.95. The van der Waals surface area contributed by atoms with Crippen molar-refractivity contribution < 1.29 is 19.4 Å². The minimum absolute atomic E-state index is 0.279. The fraction of sp³-hybridized carbons (Fsp3) is 0.208. The zero-order valence-corrected chi connectivity index (χ0v) is 17.5. The topological polar surface area (TPSA) is 67.8 Å². The lowest BCUT2D eigenvalue weighted by Crippen LogP contribution is -2.14. The smallest absolute Gasteiger partial charge is 0.335 e. The van der Waals surface area contributed by atoms with Crippen molar-refractivity contribution in [3.8, 4) is 11.5 Å². The molecule has 0 bridgehead atoms. The van der Waals surface area contributed by atoms with Crippen molar-refractivity contribution >= 4 is 17.6 Å². The van der Waals surface area contributed by atoms with E-state index in [-0.39, 0.29) is 5.56 Å². The van der Waals surface area contributed by atoms with Gasteiger partial charge in [0.15, 0.2) is 11.5 Å². The van der Waals surface area contributed by atoms with Gasteiger partial charge in [0.2, 0.25) is 0 Å². The van der Waals surface area contributed by atoms with Crippen LogP contribution in [0.5, 0.6) is 11.5 Å². The first-order valence-corrected chi connectivity index (χ1v) is 10.1. The molecule has 2 N–H and O–H groups in total. The summed E-state index contributed by atoms with van der Waals surface area (Å²) in [6.45, 7) is 4.08. The standard InChI is InChI=1S/C24H24ClNO4/c1-2-29-22-5-3-4-20(23(22)30-16-18-8-12-21(25)13-9-18)15-26-14-17-6-10-19(11-7-17)24(27)28/h3-13,26H,2,14-16H2,1H3,(H,27,28). The summed E-state index contributed by atoms with van der Waals surface area (Å²) in [5, 5.41) is 13.1. The molecule has 3 aromatic rings. The second-order valence-corrected chi connectivity index (χ2v) is 7.13. The number of carboxylic acids is 1. The molecular weight excluding hydrogens is 402 g/mol. The summed E-state index contributed by atoms with van der Waals surface area (Å²) < 4.78 is 11.9. The van der Waals surface area contributed by atoms with Crippen molar-refractivity contribution in [1.29, 1.82) is 0 Å². The molecule has 3 rings (SSSR count). The molecule has 0 amide bonds. The largest absolute Gasteiger partial charge is 0.490 e. The third kappa shape index (κ3) is 5.99. The molecule has 0 aromatic heterocycles. The van der Waals surface area contributed by atoms with Crippen LogP contribution < -0.4 is 14.8 Å². The summed E-state index contributed by atoms with van der Waals surface area (Å²) in [5.74, 6) is 0.490. The Morgan fingerprint density at radius 1 is 0.933 bits per heavy atom. The maximum atomic E-state index is 11.0. The number of carbonyl (C=O) groups is 1. The first-order chi connectivity index (χ1) is 14.6. The summed E-state index contributed by atoms with van der Waals surface area (Å²) in [6.07, 6.45) is 0. The summed E-state index contributed by atoms with van der Waals surface area (Å²) in [5.41, 5.74) is 3.28. The van der Waals surface area contributed by atoms with Gasteiger partial charge in [-0.1, -0.05) is 48.0 Å². The van der Waals surface area contributed by atoms with E-state index in [2.05, 4.69) is 5.32 Å². The van der Waals surface area contributed by atoms with Gasteiger partial charge in [0, 0.05) is 23.7 Å². The van der Waals surface area contributed by atoms with Crippen molar-refractivity contribution in [2.75, 3.05) is 6.61 Å². The Hall–Kier alpha value is -3.02. The summed E-state index contributed by atoms with van der Waals surface area (Å²) in [7, 11) is 0. The summed E-state index contributed by atoms with van der Waals surface area (Å²) in [6, 6.07) is 20.2. The highest BCUT2D eigenvalue weighted by Crippen LogP contribution is 2.32. The highest BCUT2D eigenvalue weighted by atomic mass is 35.5. The lowest BCUT2D eigenvalue weighted by Gasteiger charge is -2.16. The number of para-hydroxylation sites is 1. The number of rotatable bonds is 10. The fourth-order valence-corrected chi connectivity index (χ4v) is 3.10. The second kappa shape index (κ2) is 10.7. The number of hydrogen-bond donors (Lipinski definition) is 2. The summed E-state index contributed by atoms with van der Waals surface area (Å²) in [4.78, 5) is 11.0. The van der Waals surface area contributed by atoms with E-state index in [1.807, 2.05) is 61.5 Å². The van der Waals surface area contributed by atoms with Crippen LogP contribution in [-0.4, -0.2) is 17.7 Å². The van der Waals surface area contributed by atoms with Gasteiger partial charge in [-0.25, -0.2) is 4.79 Å². The molecule has 0 spiro atoms. The molecule has 6 heteroatoms. The normalized spacial score (nSPS) is 10.6. The fourth-order valence-electron chi connectivity index (χ4n) is 2.98. The molecule has 0 fully saturated rings. The molecule has 0 aliphatic carbocycles. The van der Waals surface area contributed by atoms with Crippen molar-refractivity contribution in [3.05, 3.63) is 94.0 Å². The highest BCUT2D eigenvalue weighted by molar-refractivity contribution is 6.30. The Labute approximate surface area is 181 Å². The maximum absolute atomic E-state index is 11.0. The van der Waals surface area contributed by atoms with Crippen LogP contribution in [0, 0.1) is 0 Å². The molecule has 0 radical (unpaired) electrons.